The van der Waals surface area contributed by atoms with E-state index in [9.17, 15) is 15.0 Å². The van der Waals surface area contributed by atoms with Crippen LogP contribution in [0.15, 0.2) is 23.3 Å². The van der Waals surface area contributed by atoms with Gasteiger partial charge in [0.2, 0.25) is 0 Å². The van der Waals surface area contributed by atoms with Gasteiger partial charge in [-0.1, -0.05) is 50.0 Å². The first kappa shape index (κ1) is 26.8. The van der Waals surface area contributed by atoms with E-state index >= 15 is 0 Å². The third-order valence-electron chi connectivity index (χ3n) is 8.73. The second kappa shape index (κ2) is 11.4. The number of carbonyl (C=O) groups excluding carboxylic acids is 1. The van der Waals surface area contributed by atoms with Crippen LogP contribution in [0.3, 0.4) is 0 Å². The SMILES string of the molecule is CC(=O)O[C@@H]1[C@@H](O)[C@@H]2OC([C@H](C)CCC[C@@H](C)[C@@H]3CC=C(C)[C@H]4CCC(C)=C[C@@H]34)OC[C@@H](O2)[C@H]1O. The van der Waals surface area contributed by atoms with Gasteiger partial charge in [0.1, 0.15) is 18.3 Å². The van der Waals surface area contributed by atoms with Gasteiger partial charge in [-0.25, -0.2) is 0 Å². The first-order chi connectivity index (χ1) is 16.7. The Morgan fingerprint density at radius 1 is 1.14 bits per heavy atom. The molecule has 7 heteroatoms. The van der Waals surface area contributed by atoms with Crippen molar-refractivity contribution in [3.63, 3.8) is 0 Å². The summed E-state index contributed by atoms with van der Waals surface area (Å²) in [5.74, 6) is 2.25. The maximum atomic E-state index is 11.4. The van der Waals surface area contributed by atoms with Gasteiger partial charge in [0.25, 0.3) is 0 Å². The van der Waals surface area contributed by atoms with E-state index in [1.807, 2.05) is 0 Å². The Labute approximate surface area is 209 Å². The van der Waals surface area contributed by atoms with E-state index in [-0.39, 0.29) is 12.5 Å². The van der Waals surface area contributed by atoms with Crippen LogP contribution in [-0.2, 0) is 23.7 Å². The van der Waals surface area contributed by atoms with Gasteiger partial charge in [-0.3, -0.25) is 4.79 Å². The molecule has 0 aromatic heterocycles. The van der Waals surface area contributed by atoms with Crippen LogP contribution in [0.25, 0.3) is 0 Å². The molecule has 2 saturated heterocycles. The molecule has 0 radical (unpaired) electrons. The summed E-state index contributed by atoms with van der Waals surface area (Å²) in [5.41, 5.74) is 3.12. The number of esters is 1. The number of hydrogen-bond donors (Lipinski definition) is 2. The van der Waals surface area contributed by atoms with Crippen molar-refractivity contribution in [3.05, 3.63) is 23.3 Å². The van der Waals surface area contributed by atoms with Gasteiger partial charge >= 0.3 is 5.97 Å². The summed E-state index contributed by atoms with van der Waals surface area (Å²) >= 11 is 0. The molecule has 2 aliphatic heterocycles. The van der Waals surface area contributed by atoms with Crippen molar-refractivity contribution < 1.29 is 34.0 Å². The van der Waals surface area contributed by atoms with E-state index in [1.165, 1.54) is 26.2 Å². The highest BCUT2D eigenvalue weighted by atomic mass is 16.8. The average Bonchev–Trinajstić information content (AvgIpc) is 3.02. The second-order valence-corrected chi connectivity index (χ2v) is 11.4. The number of rotatable bonds is 7. The predicted molar refractivity (Wildman–Crippen MR) is 131 cm³/mol. The minimum atomic E-state index is -1.27. The number of allylic oxidation sites excluding steroid dienone is 4. The molecule has 0 aromatic carbocycles. The van der Waals surface area contributed by atoms with Crippen molar-refractivity contribution in [3.8, 4) is 0 Å². The molecular weight excluding hydrogens is 448 g/mol. The fraction of sp³-hybridized carbons (Fsp3) is 0.821. The summed E-state index contributed by atoms with van der Waals surface area (Å²) in [6.45, 7) is 10.5. The lowest BCUT2D eigenvalue weighted by Gasteiger charge is -2.42. The van der Waals surface area contributed by atoms with Crippen LogP contribution >= 0.6 is 0 Å². The highest BCUT2D eigenvalue weighted by Gasteiger charge is 2.50. The van der Waals surface area contributed by atoms with Crippen molar-refractivity contribution in [1.82, 2.24) is 0 Å². The first-order valence-electron chi connectivity index (χ1n) is 13.5. The maximum Gasteiger partial charge on any atom is 0.303 e. The molecule has 35 heavy (non-hydrogen) atoms. The van der Waals surface area contributed by atoms with E-state index in [4.69, 9.17) is 18.9 Å². The quantitative estimate of drug-likeness (QED) is 0.408. The fourth-order valence-corrected chi connectivity index (χ4v) is 6.55. The normalized spacial score (nSPS) is 41.1. The minimum absolute atomic E-state index is 0.0970. The lowest BCUT2D eigenvalue weighted by molar-refractivity contribution is -0.306. The average molecular weight is 493 g/mol. The molecule has 0 spiro atoms. The van der Waals surface area contributed by atoms with E-state index in [0.717, 1.165) is 19.3 Å². The summed E-state index contributed by atoms with van der Waals surface area (Å²) in [4.78, 5) is 11.4. The Bertz CT molecular complexity index is 807. The molecule has 2 aliphatic carbocycles. The Morgan fingerprint density at radius 3 is 2.63 bits per heavy atom. The molecule has 198 valence electrons. The third-order valence-corrected chi connectivity index (χ3v) is 8.73. The van der Waals surface area contributed by atoms with E-state index < -0.39 is 43.0 Å². The zero-order chi connectivity index (χ0) is 25.3. The van der Waals surface area contributed by atoms with Crippen molar-refractivity contribution in [1.29, 1.82) is 0 Å². The highest BCUT2D eigenvalue weighted by Crippen LogP contribution is 2.46. The van der Waals surface area contributed by atoms with Crippen molar-refractivity contribution in [2.24, 2.45) is 29.6 Å². The van der Waals surface area contributed by atoms with Gasteiger partial charge in [-0.15, -0.1) is 0 Å². The van der Waals surface area contributed by atoms with Gasteiger partial charge in [0, 0.05) is 12.8 Å². The molecule has 0 saturated carbocycles. The maximum absolute atomic E-state index is 11.4. The summed E-state index contributed by atoms with van der Waals surface area (Å²) in [7, 11) is 0. The van der Waals surface area contributed by atoms with Crippen LogP contribution in [0, 0.1) is 29.6 Å². The standard InChI is InChI=1S/C28H44O7/c1-15-9-11-20-17(3)10-12-21(22(20)13-15)16(2)7-6-8-18(4)27-32-14-23-24(30)26(33-19(5)29)25(31)28(34-23)35-27/h10,13,16,18,20-28,30-31H,6-9,11-12,14H2,1-5H3/t16-,18-,20-,21+,22-,23-,24-,25-,26+,27?,28+/m1/s1. The Hall–Kier alpha value is -1.25. The van der Waals surface area contributed by atoms with Crippen LogP contribution in [-0.4, -0.2) is 59.8 Å². The van der Waals surface area contributed by atoms with Gasteiger partial charge in [0.05, 0.1) is 6.61 Å². The van der Waals surface area contributed by atoms with Gasteiger partial charge < -0.3 is 29.2 Å². The summed E-state index contributed by atoms with van der Waals surface area (Å²) in [6.07, 6.45) is 6.08. The summed E-state index contributed by atoms with van der Waals surface area (Å²) < 4.78 is 22.8. The van der Waals surface area contributed by atoms with Crippen LogP contribution in [0.1, 0.15) is 73.1 Å². The number of carbonyl (C=O) groups is 1. The van der Waals surface area contributed by atoms with Gasteiger partial charge in [0.15, 0.2) is 18.7 Å². The fourth-order valence-electron chi connectivity index (χ4n) is 6.55. The van der Waals surface area contributed by atoms with Crippen molar-refractivity contribution >= 4 is 5.97 Å². The van der Waals surface area contributed by atoms with E-state index in [0.29, 0.717) is 23.7 Å². The second-order valence-electron chi connectivity index (χ2n) is 11.4. The molecule has 7 nitrogen and oxygen atoms in total. The molecule has 2 bridgehead atoms. The summed E-state index contributed by atoms with van der Waals surface area (Å²) in [5, 5.41) is 21.1. The molecule has 2 fully saturated rings. The van der Waals surface area contributed by atoms with Crippen LogP contribution in [0.4, 0.5) is 0 Å². The lowest BCUT2D eigenvalue weighted by atomic mass is 9.63. The molecule has 2 N–H and O–H groups in total. The van der Waals surface area contributed by atoms with Gasteiger partial charge in [-0.05, 0) is 63.2 Å². The predicted octanol–water partition coefficient (Wildman–Crippen LogP) is 4.12. The zero-order valence-corrected chi connectivity index (χ0v) is 21.9. The molecule has 11 atom stereocenters. The zero-order valence-electron chi connectivity index (χ0n) is 21.9. The molecule has 0 amide bonds. The Balaban J connectivity index is 1.30. The van der Waals surface area contributed by atoms with Crippen molar-refractivity contribution in [2.45, 2.75) is 110 Å². The summed E-state index contributed by atoms with van der Waals surface area (Å²) in [6, 6.07) is 0. The number of aliphatic hydroxyl groups excluding tert-OH is 2. The lowest BCUT2D eigenvalue weighted by Crippen LogP contribution is -2.59. The molecular formula is C28H44O7. The molecule has 4 aliphatic rings. The molecule has 0 aromatic rings. The third kappa shape index (κ3) is 6.02. The van der Waals surface area contributed by atoms with E-state index in [2.05, 4.69) is 39.8 Å². The number of aliphatic hydroxyl groups is 2. The minimum Gasteiger partial charge on any atom is -0.457 e. The monoisotopic (exact) mass is 492 g/mol. The number of hydrogen-bond acceptors (Lipinski definition) is 7. The Morgan fingerprint density at radius 2 is 1.89 bits per heavy atom. The number of ether oxygens (including phenoxy) is 4. The highest BCUT2D eigenvalue weighted by molar-refractivity contribution is 5.66. The molecule has 4 rings (SSSR count). The molecule has 2 heterocycles. The van der Waals surface area contributed by atoms with Crippen LogP contribution < -0.4 is 0 Å². The van der Waals surface area contributed by atoms with E-state index in [1.54, 1.807) is 11.1 Å². The van der Waals surface area contributed by atoms with Crippen molar-refractivity contribution in [2.75, 3.05) is 6.61 Å². The number of fused-ring (bicyclic) bond motifs is 3. The largest absolute Gasteiger partial charge is 0.457 e. The topological polar surface area (TPSA) is 94.5 Å². The van der Waals surface area contributed by atoms with Gasteiger partial charge in [-0.2, -0.15) is 0 Å². The first-order valence-corrected chi connectivity index (χ1v) is 13.5. The van der Waals surface area contributed by atoms with Crippen LogP contribution in [0.2, 0.25) is 0 Å². The smallest absolute Gasteiger partial charge is 0.303 e. The van der Waals surface area contributed by atoms with Crippen LogP contribution in [0.5, 0.6) is 0 Å². The Kier molecular flexibility index (Phi) is 8.75. The molecule has 1 unspecified atom stereocenters.